The summed E-state index contributed by atoms with van der Waals surface area (Å²) in [6.07, 6.45) is 3.32. The van der Waals surface area contributed by atoms with Gasteiger partial charge in [-0.2, -0.15) is 0 Å². The number of nitrogen functional groups attached to an aromatic ring is 1. The second-order valence-corrected chi connectivity index (χ2v) is 5.03. The van der Waals surface area contributed by atoms with Crippen molar-refractivity contribution in [2.24, 2.45) is 0 Å². The van der Waals surface area contributed by atoms with Crippen molar-refractivity contribution < 1.29 is 0 Å². The molecule has 2 N–H and O–H groups in total. The molecule has 1 unspecified atom stereocenters. The van der Waals surface area contributed by atoms with Gasteiger partial charge in [-0.05, 0) is 36.8 Å². The van der Waals surface area contributed by atoms with E-state index in [-0.39, 0.29) is 6.04 Å². The lowest BCUT2D eigenvalue weighted by atomic mass is 10.1. The molecule has 106 valence electrons. The summed E-state index contributed by atoms with van der Waals surface area (Å²) >= 11 is 0. The third-order valence-electron chi connectivity index (χ3n) is 3.65. The second-order valence-electron chi connectivity index (χ2n) is 5.03. The number of nitrogens with two attached hydrogens (primary N) is 1. The summed E-state index contributed by atoms with van der Waals surface area (Å²) in [7, 11) is 2.01. The van der Waals surface area contributed by atoms with Crippen LogP contribution in [-0.4, -0.2) is 22.0 Å². The first kappa shape index (κ1) is 13.3. The summed E-state index contributed by atoms with van der Waals surface area (Å²) < 4.78 is 0. The fourth-order valence-electron chi connectivity index (χ4n) is 2.28. The zero-order chi connectivity index (χ0) is 14.8. The maximum atomic E-state index is 5.86. The van der Waals surface area contributed by atoms with Gasteiger partial charge in [0.05, 0.1) is 6.04 Å². The topological polar surface area (TPSA) is 67.9 Å². The van der Waals surface area contributed by atoms with Crippen molar-refractivity contribution in [2.75, 3.05) is 17.7 Å². The summed E-state index contributed by atoms with van der Waals surface area (Å²) in [5.74, 6) is 0.859. The summed E-state index contributed by atoms with van der Waals surface area (Å²) in [5.41, 5.74) is 9.23. The van der Waals surface area contributed by atoms with Gasteiger partial charge in [0.15, 0.2) is 5.65 Å². The highest BCUT2D eigenvalue weighted by Gasteiger charge is 2.14. The summed E-state index contributed by atoms with van der Waals surface area (Å²) in [6, 6.07) is 12.0. The molecule has 1 aromatic carbocycles. The van der Waals surface area contributed by atoms with Crippen LogP contribution >= 0.6 is 0 Å². The van der Waals surface area contributed by atoms with Crippen molar-refractivity contribution in [2.45, 2.75) is 13.0 Å². The molecule has 1 atom stereocenters. The highest BCUT2D eigenvalue weighted by atomic mass is 15.2. The zero-order valence-electron chi connectivity index (χ0n) is 12.1. The Hall–Kier alpha value is -2.69. The molecule has 0 spiro atoms. The van der Waals surface area contributed by atoms with Crippen molar-refractivity contribution in [1.29, 1.82) is 0 Å². The molecule has 0 aliphatic rings. The minimum Gasteiger partial charge on any atom is -0.399 e. The highest BCUT2D eigenvalue weighted by Crippen LogP contribution is 2.25. The molecule has 3 rings (SSSR count). The molecule has 0 amide bonds. The van der Waals surface area contributed by atoms with Crippen molar-refractivity contribution >= 4 is 22.7 Å². The van der Waals surface area contributed by atoms with E-state index in [9.17, 15) is 0 Å². The van der Waals surface area contributed by atoms with E-state index in [1.165, 1.54) is 0 Å². The maximum absolute atomic E-state index is 5.86. The number of pyridine rings is 1. The van der Waals surface area contributed by atoms with E-state index < -0.39 is 0 Å². The molecule has 3 aromatic rings. The Morgan fingerprint density at radius 2 is 1.90 bits per heavy atom. The van der Waals surface area contributed by atoms with Crippen LogP contribution in [0, 0.1) is 0 Å². The largest absolute Gasteiger partial charge is 0.399 e. The van der Waals surface area contributed by atoms with Crippen LogP contribution in [0.5, 0.6) is 0 Å². The summed E-state index contributed by atoms with van der Waals surface area (Å²) in [4.78, 5) is 15.2. The molecular formula is C16H17N5. The molecule has 0 aliphatic carbocycles. The fourth-order valence-corrected chi connectivity index (χ4v) is 2.28. The standard InChI is InChI=1S/C16H17N5/c1-11(12-4-3-5-13(17)10-12)21(2)15-7-6-14-16(20-15)19-9-8-18-14/h3-11H,17H2,1-2H3. The van der Waals surface area contributed by atoms with Gasteiger partial charge in [-0.1, -0.05) is 12.1 Å². The Balaban J connectivity index is 1.94. The predicted octanol–water partition coefficient (Wildman–Crippen LogP) is 2.80. The highest BCUT2D eigenvalue weighted by molar-refractivity contribution is 5.71. The minimum absolute atomic E-state index is 0.162. The minimum atomic E-state index is 0.162. The molecule has 0 saturated heterocycles. The van der Waals surface area contributed by atoms with Crippen LogP contribution in [0.4, 0.5) is 11.5 Å². The van der Waals surface area contributed by atoms with Gasteiger partial charge in [-0.3, -0.25) is 4.98 Å². The zero-order valence-corrected chi connectivity index (χ0v) is 12.1. The van der Waals surface area contributed by atoms with Crippen LogP contribution in [0.2, 0.25) is 0 Å². The van der Waals surface area contributed by atoms with E-state index in [1.54, 1.807) is 12.4 Å². The van der Waals surface area contributed by atoms with Crippen LogP contribution in [0.25, 0.3) is 11.2 Å². The number of aromatic nitrogens is 3. The maximum Gasteiger partial charge on any atom is 0.180 e. The Morgan fingerprint density at radius 3 is 2.71 bits per heavy atom. The van der Waals surface area contributed by atoms with Gasteiger partial charge in [-0.15, -0.1) is 0 Å². The van der Waals surface area contributed by atoms with Crippen LogP contribution in [0.1, 0.15) is 18.5 Å². The Morgan fingerprint density at radius 1 is 1.10 bits per heavy atom. The molecule has 0 bridgehead atoms. The predicted molar refractivity (Wildman–Crippen MR) is 85.0 cm³/mol. The van der Waals surface area contributed by atoms with E-state index in [0.29, 0.717) is 5.65 Å². The Bertz CT molecular complexity index is 771. The normalized spacial score (nSPS) is 12.3. The number of benzene rings is 1. The second kappa shape index (κ2) is 5.36. The van der Waals surface area contributed by atoms with Gasteiger partial charge >= 0.3 is 0 Å². The number of fused-ring (bicyclic) bond motifs is 1. The quantitative estimate of drug-likeness (QED) is 0.747. The molecular weight excluding hydrogens is 262 g/mol. The first-order chi connectivity index (χ1) is 10.1. The molecule has 2 heterocycles. The number of rotatable bonds is 3. The fraction of sp³-hybridized carbons (Fsp3) is 0.188. The van der Waals surface area contributed by atoms with Gasteiger partial charge in [0.1, 0.15) is 11.3 Å². The van der Waals surface area contributed by atoms with E-state index in [0.717, 1.165) is 22.6 Å². The third kappa shape index (κ3) is 2.63. The van der Waals surface area contributed by atoms with Crippen molar-refractivity contribution in [3.05, 3.63) is 54.4 Å². The third-order valence-corrected chi connectivity index (χ3v) is 3.65. The van der Waals surface area contributed by atoms with E-state index >= 15 is 0 Å². The Kier molecular flexibility index (Phi) is 3.39. The molecule has 5 nitrogen and oxygen atoms in total. The molecule has 0 fully saturated rings. The summed E-state index contributed by atoms with van der Waals surface area (Å²) in [6.45, 7) is 2.12. The molecule has 0 aliphatic heterocycles. The van der Waals surface area contributed by atoms with Crippen molar-refractivity contribution in [1.82, 2.24) is 15.0 Å². The molecule has 5 heteroatoms. The van der Waals surface area contributed by atoms with Gasteiger partial charge in [0, 0.05) is 25.1 Å². The van der Waals surface area contributed by atoms with E-state index in [4.69, 9.17) is 5.73 Å². The average Bonchev–Trinajstić information content (AvgIpc) is 2.53. The van der Waals surface area contributed by atoms with Crippen LogP contribution < -0.4 is 10.6 Å². The molecule has 21 heavy (non-hydrogen) atoms. The average molecular weight is 279 g/mol. The monoisotopic (exact) mass is 279 g/mol. The lowest BCUT2D eigenvalue weighted by Gasteiger charge is -2.26. The lowest BCUT2D eigenvalue weighted by Crippen LogP contribution is -2.22. The van der Waals surface area contributed by atoms with Crippen molar-refractivity contribution in [3.8, 4) is 0 Å². The van der Waals surface area contributed by atoms with Crippen LogP contribution in [-0.2, 0) is 0 Å². The van der Waals surface area contributed by atoms with E-state index in [1.807, 2.05) is 37.4 Å². The van der Waals surface area contributed by atoms with Gasteiger partial charge in [0.2, 0.25) is 0 Å². The number of anilines is 2. The number of nitrogens with zero attached hydrogens (tertiary/aromatic N) is 4. The number of hydrogen-bond acceptors (Lipinski definition) is 5. The molecule has 0 radical (unpaired) electrons. The lowest BCUT2D eigenvalue weighted by molar-refractivity contribution is 0.730. The Labute approximate surface area is 123 Å². The van der Waals surface area contributed by atoms with E-state index in [2.05, 4.69) is 32.8 Å². The smallest absolute Gasteiger partial charge is 0.180 e. The van der Waals surface area contributed by atoms with Gasteiger partial charge in [-0.25, -0.2) is 9.97 Å². The first-order valence-electron chi connectivity index (χ1n) is 6.81. The molecule has 0 saturated carbocycles. The SMILES string of the molecule is CC(c1cccc(N)c1)N(C)c1ccc2nccnc2n1. The van der Waals surface area contributed by atoms with Gasteiger partial charge in [0.25, 0.3) is 0 Å². The molecule has 2 aromatic heterocycles. The van der Waals surface area contributed by atoms with Crippen LogP contribution in [0.15, 0.2) is 48.8 Å². The first-order valence-corrected chi connectivity index (χ1v) is 6.81. The van der Waals surface area contributed by atoms with Crippen molar-refractivity contribution in [3.63, 3.8) is 0 Å². The van der Waals surface area contributed by atoms with Crippen LogP contribution in [0.3, 0.4) is 0 Å². The number of hydrogen-bond donors (Lipinski definition) is 1. The van der Waals surface area contributed by atoms with Gasteiger partial charge < -0.3 is 10.6 Å². The summed E-state index contributed by atoms with van der Waals surface area (Å²) in [5, 5.41) is 0.